The Kier molecular flexibility index (Phi) is 5.41. The third kappa shape index (κ3) is 4.51. The highest BCUT2D eigenvalue weighted by Crippen LogP contribution is 2.39. The van der Waals surface area contributed by atoms with Gasteiger partial charge in [0, 0.05) is 6.07 Å². The number of benzene rings is 1. The molecule has 1 aromatic rings. The third-order valence-corrected chi connectivity index (χ3v) is 6.62. The molecule has 0 bridgehead atoms. The van der Waals surface area contributed by atoms with Gasteiger partial charge in [-0.05, 0) is 82.3 Å². The van der Waals surface area contributed by atoms with E-state index in [4.69, 9.17) is 14.0 Å². The number of hydrogen-bond donors (Lipinski definition) is 0. The Hall–Kier alpha value is -1.07. The van der Waals surface area contributed by atoms with E-state index in [2.05, 4.69) is 20.8 Å². The minimum atomic E-state index is -0.579. The van der Waals surface area contributed by atoms with E-state index in [1.54, 1.807) is 0 Å². The summed E-state index contributed by atoms with van der Waals surface area (Å²) in [5.74, 6) is 0.977. The second-order valence-electron chi connectivity index (χ2n) is 10.3. The van der Waals surface area contributed by atoms with E-state index in [9.17, 15) is 4.39 Å². The summed E-state index contributed by atoms with van der Waals surface area (Å²) in [4.78, 5) is 0. The van der Waals surface area contributed by atoms with Crippen LogP contribution in [0.15, 0.2) is 18.2 Å². The molecule has 0 radical (unpaired) electrons. The van der Waals surface area contributed by atoms with E-state index in [1.165, 1.54) is 12.1 Å². The second-order valence-corrected chi connectivity index (χ2v) is 10.3. The van der Waals surface area contributed by atoms with Gasteiger partial charge in [0.1, 0.15) is 11.6 Å². The van der Waals surface area contributed by atoms with Gasteiger partial charge in [-0.3, -0.25) is 0 Å². The Bertz CT molecular complexity index is 657. The maximum absolute atomic E-state index is 14.2. The highest BCUT2D eigenvalue weighted by Gasteiger charge is 2.51. The molecular formula is C22H34BFO3. The van der Waals surface area contributed by atoms with E-state index in [-0.39, 0.29) is 11.9 Å². The fraction of sp³-hybridized carbons (Fsp3) is 0.727. The van der Waals surface area contributed by atoms with Gasteiger partial charge in [-0.2, -0.15) is 0 Å². The first-order valence-electron chi connectivity index (χ1n) is 10.2. The maximum Gasteiger partial charge on any atom is 0.495 e. The van der Waals surface area contributed by atoms with Crippen LogP contribution in [0, 0.1) is 17.2 Å². The van der Waals surface area contributed by atoms with Gasteiger partial charge in [0.25, 0.3) is 0 Å². The van der Waals surface area contributed by atoms with Crippen LogP contribution in [-0.4, -0.2) is 24.4 Å². The van der Waals surface area contributed by atoms with Crippen LogP contribution in [0.3, 0.4) is 0 Å². The summed E-state index contributed by atoms with van der Waals surface area (Å²) in [5, 5.41) is 0. The lowest BCUT2D eigenvalue weighted by molar-refractivity contribution is 0.00578. The summed E-state index contributed by atoms with van der Waals surface area (Å²) in [7, 11) is -0.579. The van der Waals surface area contributed by atoms with Crippen LogP contribution in [0.1, 0.15) is 74.1 Å². The molecule has 0 aromatic heterocycles. The zero-order chi connectivity index (χ0) is 20.0. The molecule has 0 N–H and O–H groups in total. The molecule has 2 aliphatic rings. The molecule has 3 nitrogen and oxygen atoms in total. The molecule has 150 valence electrons. The molecule has 1 aliphatic carbocycles. The van der Waals surface area contributed by atoms with Gasteiger partial charge in [0.05, 0.1) is 17.3 Å². The molecule has 1 saturated carbocycles. The van der Waals surface area contributed by atoms with Crippen molar-refractivity contribution in [3.8, 4) is 5.75 Å². The second kappa shape index (κ2) is 7.07. The van der Waals surface area contributed by atoms with E-state index < -0.39 is 18.3 Å². The molecule has 1 aromatic carbocycles. The van der Waals surface area contributed by atoms with E-state index >= 15 is 0 Å². The Morgan fingerprint density at radius 2 is 1.52 bits per heavy atom. The van der Waals surface area contributed by atoms with Crippen LogP contribution in [0.25, 0.3) is 0 Å². The quantitative estimate of drug-likeness (QED) is 0.687. The summed E-state index contributed by atoms with van der Waals surface area (Å²) in [6.45, 7) is 14.9. The van der Waals surface area contributed by atoms with Crippen molar-refractivity contribution in [1.82, 2.24) is 0 Å². The number of hydrogen-bond acceptors (Lipinski definition) is 3. The van der Waals surface area contributed by atoms with Crippen LogP contribution in [-0.2, 0) is 9.31 Å². The van der Waals surface area contributed by atoms with Crippen molar-refractivity contribution in [3.05, 3.63) is 24.0 Å². The minimum absolute atomic E-state index is 0.150. The molecule has 0 spiro atoms. The Morgan fingerprint density at radius 1 is 0.963 bits per heavy atom. The van der Waals surface area contributed by atoms with Gasteiger partial charge in [0.2, 0.25) is 0 Å². The highest BCUT2D eigenvalue weighted by atomic mass is 19.1. The number of ether oxygens (including phenoxy) is 1. The normalized spacial score (nSPS) is 27.6. The first kappa shape index (κ1) is 20.7. The largest absolute Gasteiger partial charge is 0.495 e. The highest BCUT2D eigenvalue weighted by molar-refractivity contribution is 6.62. The molecule has 2 fully saturated rings. The van der Waals surface area contributed by atoms with Crippen molar-refractivity contribution >= 4 is 12.6 Å². The SMILES string of the molecule is CC(C)(C)C1CCC(Oc2cc(F)cc(B3OC(C)(C)C(C)(C)O3)c2)CC1. The zero-order valence-corrected chi connectivity index (χ0v) is 17.9. The van der Waals surface area contributed by atoms with Crippen LogP contribution < -0.4 is 10.2 Å². The fourth-order valence-electron chi connectivity index (χ4n) is 4.01. The van der Waals surface area contributed by atoms with E-state index in [0.29, 0.717) is 16.6 Å². The molecule has 1 saturated heterocycles. The fourth-order valence-corrected chi connectivity index (χ4v) is 4.01. The Labute approximate surface area is 164 Å². The molecule has 27 heavy (non-hydrogen) atoms. The van der Waals surface area contributed by atoms with Crippen molar-refractivity contribution in [1.29, 1.82) is 0 Å². The summed E-state index contributed by atoms with van der Waals surface area (Å²) in [6.07, 6.45) is 4.51. The summed E-state index contributed by atoms with van der Waals surface area (Å²) in [6, 6.07) is 4.80. The monoisotopic (exact) mass is 376 g/mol. The summed E-state index contributed by atoms with van der Waals surface area (Å²) < 4.78 is 32.5. The lowest BCUT2D eigenvalue weighted by Gasteiger charge is -2.37. The van der Waals surface area contributed by atoms with Crippen molar-refractivity contribution in [3.63, 3.8) is 0 Å². The van der Waals surface area contributed by atoms with Crippen molar-refractivity contribution in [2.75, 3.05) is 0 Å². The Balaban J connectivity index is 1.69. The molecule has 3 rings (SSSR count). The smallest absolute Gasteiger partial charge is 0.490 e. The van der Waals surface area contributed by atoms with Gasteiger partial charge < -0.3 is 14.0 Å². The molecule has 0 atom stereocenters. The number of rotatable bonds is 3. The predicted molar refractivity (Wildman–Crippen MR) is 108 cm³/mol. The lowest BCUT2D eigenvalue weighted by Crippen LogP contribution is -2.41. The van der Waals surface area contributed by atoms with Gasteiger partial charge in [-0.15, -0.1) is 0 Å². The van der Waals surface area contributed by atoms with Gasteiger partial charge in [-0.1, -0.05) is 20.8 Å². The van der Waals surface area contributed by atoms with Gasteiger partial charge in [0.15, 0.2) is 0 Å². The van der Waals surface area contributed by atoms with E-state index in [0.717, 1.165) is 31.6 Å². The lowest BCUT2D eigenvalue weighted by atomic mass is 9.72. The van der Waals surface area contributed by atoms with Crippen LogP contribution in [0.2, 0.25) is 0 Å². The van der Waals surface area contributed by atoms with Gasteiger partial charge >= 0.3 is 7.12 Å². The van der Waals surface area contributed by atoms with Gasteiger partial charge in [-0.25, -0.2) is 4.39 Å². The van der Waals surface area contributed by atoms with E-state index in [1.807, 2.05) is 33.8 Å². The van der Waals surface area contributed by atoms with Crippen LogP contribution >= 0.6 is 0 Å². The van der Waals surface area contributed by atoms with Crippen molar-refractivity contribution in [2.45, 2.75) is 91.5 Å². The molecule has 1 aliphatic heterocycles. The first-order chi connectivity index (χ1) is 12.4. The average Bonchev–Trinajstić information content (AvgIpc) is 2.74. The number of halogens is 1. The molecule has 5 heteroatoms. The zero-order valence-electron chi connectivity index (χ0n) is 17.9. The average molecular weight is 376 g/mol. The van der Waals surface area contributed by atoms with Crippen molar-refractivity contribution < 1.29 is 18.4 Å². The topological polar surface area (TPSA) is 27.7 Å². The standard InChI is InChI=1S/C22H34BFO3/c1-20(2,3)15-8-10-18(11-9-15)25-19-13-16(12-17(24)14-19)23-26-21(4,5)22(6,7)27-23/h12-15,18H,8-11H2,1-7H3. The molecule has 0 amide bonds. The van der Waals surface area contributed by atoms with Crippen molar-refractivity contribution in [2.24, 2.45) is 11.3 Å². The van der Waals surface area contributed by atoms with Crippen LogP contribution in [0.5, 0.6) is 5.75 Å². The molecular weight excluding hydrogens is 342 g/mol. The third-order valence-electron chi connectivity index (χ3n) is 6.62. The van der Waals surface area contributed by atoms with Crippen LogP contribution in [0.4, 0.5) is 4.39 Å². The Morgan fingerprint density at radius 3 is 2.04 bits per heavy atom. The summed E-state index contributed by atoms with van der Waals surface area (Å²) in [5.41, 5.74) is 0.118. The molecule has 0 unspecified atom stereocenters. The molecule has 1 heterocycles. The minimum Gasteiger partial charge on any atom is -0.490 e. The summed E-state index contributed by atoms with van der Waals surface area (Å²) >= 11 is 0. The maximum atomic E-state index is 14.2. The predicted octanol–water partition coefficient (Wildman–Crippen LogP) is 5.11. The first-order valence-corrected chi connectivity index (χ1v) is 10.2.